The number of rotatable bonds is 4. The van der Waals surface area contributed by atoms with E-state index in [1.54, 1.807) is 12.4 Å². The van der Waals surface area contributed by atoms with Crippen LogP contribution in [0.25, 0.3) is 0 Å². The zero-order chi connectivity index (χ0) is 17.1. The van der Waals surface area contributed by atoms with E-state index in [-0.39, 0.29) is 6.03 Å². The lowest BCUT2D eigenvalue weighted by Crippen LogP contribution is -2.45. The van der Waals surface area contributed by atoms with Gasteiger partial charge in [-0.1, -0.05) is 18.0 Å². The van der Waals surface area contributed by atoms with Crippen LogP contribution in [0.1, 0.15) is 42.7 Å². The second kappa shape index (κ2) is 7.13. The predicted octanol–water partition coefficient (Wildman–Crippen LogP) is 2.66. The number of hydrogen-bond acceptors (Lipinski definition) is 5. The Balaban J connectivity index is 1.39. The molecule has 1 saturated carbocycles. The maximum atomic E-state index is 12.5. The number of amides is 2. The molecule has 1 aliphatic heterocycles. The van der Waals surface area contributed by atoms with Gasteiger partial charge in [0.1, 0.15) is 23.8 Å². The van der Waals surface area contributed by atoms with Gasteiger partial charge in [-0.15, -0.1) is 0 Å². The number of fused-ring (bicyclic) bond motifs is 1. The fourth-order valence-electron chi connectivity index (χ4n) is 3.47. The summed E-state index contributed by atoms with van der Waals surface area (Å²) in [7, 11) is 0. The first-order chi connectivity index (χ1) is 12.3. The highest BCUT2D eigenvalue weighted by Gasteiger charge is 2.28. The Morgan fingerprint density at radius 2 is 2.28 bits per heavy atom. The van der Waals surface area contributed by atoms with Crippen molar-refractivity contribution >= 4 is 6.03 Å². The average molecular weight is 342 g/mol. The number of carbonyl (C=O) groups excluding carboxylic acids is 1. The van der Waals surface area contributed by atoms with Crippen LogP contribution in [-0.2, 0) is 19.6 Å². The third kappa shape index (κ3) is 3.60. The maximum Gasteiger partial charge on any atom is 0.317 e. The highest BCUT2D eigenvalue weighted by molar-refractivity contribution is 5.75. The van der Waals surface area contributed by atoms with Gasteiger partial charge in [-0.3, -0.25) is 4.98 Å². The predicted molar refractivity (Wildman–Crippen MR) is 90.0 cm³/mol. The van der Waals surface area contributed by atoms with Gasteiger partial charge in [0.15, 0.2) is 0 Å². The fourth-order valence-corrected chi connectivity index (χ4v) is 3.47. The van der Waals surface area contributed by atoms with Crippen molar-refractivity contribution in [3.05, 3.63) is 41.5 Å². The first-order valence-corrected chi connectivity index (χ1v) is 8.84. The van der Waals surface area contributed by atoms with Gasteiger partial charge in [-0.2, -0.15) is 0 Å². The Hall–Kier alpha value is -2.57. The Bertz CT molecular complexity index is 725. The summed E-state index contributed by atoms with van der Waals surface area (Å²) >= 11 is 0. The standard InChI is InChI=1S/C18H22N4O3/c23-18(20-13-4-1-2-5-13)22-9-7-17-15(11-22)16(21-25-17)12-24-14-6-3-8-19-10-14/h3,6,8,10,13H,1-2,4-5,7,9,11-12H2,(H,20,23). The molecule has 0 spiro atoms. The Labute approximate surface area is 146 Å². The lowest BCUT2D eigenvalue weighted by Gasteiger charge is -2.28. The van der Waals surface area contributed by atoms with E-state index in [1.165, 1.54) is 12.8 Å². The summed E-state index contributed by atoms with van der Waals surface area (Å²) < 4.78 is 11.1. The molecule has 1 fully saturated rings. The van der Waals surface area contributed by atoms with Gasteiger partial charge in [0.2, 0.25) is 0 Å². The summed E-state index contributed by atoms with van der Waals surface area (Å²) in [5.74, 6) is 1.54. The number of pyridine rings is 1. The molecular formula is C18H22N4O3. The maximum absolute atomic E-state index is 12.5. The smallest absolute Gasteiger partial charge is 0.317 e. The van der Waals surface area contributed by atoms with Crippen molar-refractivity contribution in [1.82, 2.24) is 20.4 Å². The molecule has 0 aromatic carbocycles. The third-order valence-corrected chi connectivity index (χ3v) is 4.89. The van der Waals surface area contributed by atoms with Crippen LogP contribution >= 0.6 is 0 Å². The molecule has 1 aliphatic carbocycles. The topological polar surface area (TPSA) is 80.5 Å². The van der Waals surface area contributed by atoms with E-state index in [1.807, 2.05) is 17.0 Å². The van der Waals surface area contributed by atoms with Crippen molar-refractivity contribution < 1.29 is 14.1 Å². The molecule has 0 atom stereocenters. The van der Waals surface area contributed by atoms with Crippen LogP contribution in [0.4, 0.5) is 4.79 Å². The van der Waals surface area contributed by atoms with Gasteiger partial charge in [0.05, 0.1) is 12.7 Å². The van der Waals surface area contributed by atoms with E-state index in [2.05, 4.69) is 15.5 Å². The monoisotopic (exact) mass is 342 g/mol. The minimum absolute atomic E-state index is 0.0119. The molecule has 2 aromatic heterocycles. The molecule has 4 rings (SSSR count). The summed E-state index contributed by atoms with van der Waals surface area (Å²) in [6, 6.07) is 4.01. The zero-order valence-electron chi connectivity index (χ0n) is 14.1. The van der Waals surface area contributed by atoms with Crippen LogP contribution in [-0.4, -0.2) is 33.7 Å². The molecule has 0 bridgehead atoms. The van der Waals surface area contributed by atoms with Gasteiger partial charge in [0, 0.05) is 30.8 Å². The lowest BCUT2D eigenvalue weighted by molar-refractivity contribution is 0.185. The highest BCUT2D eigenvalue weighted by atomic mass is 16.5. The van der Waals surface area contributed by atoms with E-state index in [0.29, 0.717) is 37.9 Å². The number of aromatic nitrogens is 2. The van der Waals surface area contributed by atoms with E-state index in [0.717, 1.165) is 29.9 Å². The van der Waals surface area contributed by atoms with Crippen molar-refractivity contribution in [3.8, 4) is 5.75 Å². The van der Waals surface area contributed by atoms with Gasteiger partial charge < -0.3 is 19.5 Å². The largest absolute Gasteiger partial charge is 0.486 e. The number of nitrogens with one attached hydrogen (secondary N) is 1. The molecule has 0 radical (unpaired) electrons. The summed E-state index contributed by atoms with van der Waals surface area (Å²) in [5.41, 5.74) is 1.72. The lowest BCUT2D eigenvalue weighted by atomic mass is 10.1. The Morgan fingerprint density at radius 1 is 1.40 bits per heavy atom. The number of nitrogens with zero attached hydrogens (tertiary/aromatic N) is 3. The van der Waals surface area contributed by atoms with Gasteiger partial charge in [0.25, 0.3) is 0 Å². The van der Waals surface area contributed by atoms with E-state index >= 15 is 0 Å². The van der Waals surface area contributed by atoms with Crippen LogP contribution in [0.2, 0.25) is 0 Å². The molecule has 7 nitrogen and oxygen atoms in total. The minimum Gasteiger partial charge on any atom is -0.486 e. The van der Waals surface area contributed by atoms with Crippen molar-refractivity contribution in [1.29, 1.82) is 0 Å². The molecule has 0 unspecified atom stereocenters. The second-order valence-electron chi connectivity index (χ2n) is 6.61. The van der Waals surface area contributed by atoms with Crippen molar-refractivity contribution in [3.63, 3.8) is 0 Å². The zero-order valence-corrected chi connectivity index (χ0v) is 14.1. The third-order valence-electron chi connectivity index (χ3n) is 4.89. The van der Waals surface area contributed by atoms with Crippen LogP contribution in [0.15, 0.2) is 29.0 Å². The summed E-state index contributed by atoms with van der Waals surface area (Å²) in [5, 5.41) is 7.28. The molecule has 7 heteroatoms. The summed E-state index contributed by atoms with van der Waals surface area (Å²) in [4.78, 5) is 18.4. The van der Waals surface area contributed by atoms with Crippen LogP contribution in [0.5, 0.6) is 5.75 Å². The minimum atomic E-state index is 0.0119. The number of ether oxygens (including phenoxy) is 1. The number of urea groups is 1. The van der Waals surface area contributed by atoms with E-state index < -0.39 is 0 Å². The molecule has 132 valence electrons. The quantitative estimate of drug-likeness (QED) is 0.924. The van der Waals surface area contributed by atoms with Gasteiger partial charge in [-0.05, 0) is 25.0 Å². The van der Waals surface area contributed by atoms with E-state index in [9.17, 15) is 4.79 Å². The molecular weight excluding hydrogens is 320 g/mol. The Kier molecular flexibility index (Phi) is 4.54. The molecule has 0 saturated heterocycles. The molecule has 3 heterocycles. The van der Waals surface area contributed by atoms with Crippen LogP contribution in [0, 0.1) is 0 Å². The van der Waals surface area contributed by atoms with Crippen molar-refractivity contribution in [2.45, 2.75) is 51.3 Å². The summed E-state index contributed by atoms with van der Waals surface area (Å²) in [6.45, 7) is 1.48. The van der Waals surface area contributed by atoms with Crippen molar-refractivity contribution in [2.75, 3.05) is 6.54 Å². The van der Waals surface area contributed by atoms with Gasteiger partial charge >= 0.3 is 6.03 Å². The number of hydrogen-bond donors (Lipinski definition) is 1. The molecule has 2 aliphatic rings. The molecule has 1 N–H and O–H groups in total. The second-order valence-corrected chi connectivity index (χ2v) is 6.61. The average Bonchev–Trinajstić information content (AvgIpc) is 3.30. The fraction of sp³-hybridized carbons (Fsp3) is 0.500. The SMILES string of the molecule is O=C(NC1CCCC1)N1CCc2onc(COc3cccnc3)c2C1. The molecule has 25 heavy (non-hydrogen) atoms. The van der Waals surface area contributed by atoms with Crippen molar-refractivity contribution in [2.24, 2.45) is 0 Å². The van der Waals surface area contributed by atoms with Crippen LogP contribution < -0.4 is 10.1 Å². The van der Waals surface area contributed by atoms with Crippen LogP contribution in [0.3, 0.4) is 0 Å². The molecule has 2 aromatic rings. The van der Waals surface area contributed by atoms with Gasteiger partial charge in [-0.25, -0.2) is 4.79 Å². The Morgan fingerprint density at radius 3 is 3.08 bits per heavy atom. The highest BCUT2D eigenvalue weighted by Crippen LogP contribution is 2.24. The molecule has 2 amide bonds. The summed E-state index contributed by atoms with van der Waals surface area (Å²) in [6.07, 6.45) is 8.63. The number of carbonyl (C=O) groups is 1. The normalized spacial score (nSPS) is 17.4. The first kappa shape index (κ1) is 15.9. The van der Waals surface area contributed by atoms with E-state index in [4.69, 9.17) is 9.26 Å². The first-order valence-electron chi connectivity index (χ1n) is 8.84.